The number of nitrogen functional groups attached to an aromatic ring is 1. The van der Waals surface area contributed by atoms with Gasteiger partial charge in [-0.2, -0.15) is 0 Å². The Morgan fingerprint density at radius 1 is 1.67 bits per heavy atom. The molecule has 0 unspecified atom stereocenters. The van der Waals surface area contributed by atoms with Gasteiger partial charge >= 0.3 is 0 Å². The van der Waals surface area contributed by atoms with E-state index in [2.05, 4.69) is 4.99 Å². The average Bonchev–Trinajstić information content (AvgIpc) is 2.19. The normalized spacial score (nSPS) is 12.3. The van der Waals surface area contributed by atoms with Gasteiger partial charge in [-0.3, -0.25) is 14.4 Å². The first-order valence-electron chi connectivity index (χ1n) is 4.12. The predicted molar refractivity (Wildman–Crippen MR) is 63.0 cm³/mol. The molecule has 15 heavy (non-hydrogen) atoms. The van der Waals surface area contributed by atoms with Crippen molar-refractivity contribution in [3.8, 4) is 0 Å². The van der Waals surface area contributed by atoms with Gasteiger partial charge in [0.25, 0.3) is 5.56 Å². The van der Waals surface area contributed by atoms with Gasteiger partial charge in [0, 0.05) is 19.5 Å². The molecule has 0 fully saturated rings. The van der Waals surface area contributed by atoms with Crippen molar-refractivity contribution >= 4 is 29.3 Å². The van der Waals surface area contributed by atoms with E-state index in [0.29, 0.717) is 5.02 Å². The molecule has 0 aliphatic carbocycles. The Morgan fingerprint density at radius 3 is 2.93 bits per heavy atom. The van der Waals surface area contributed by atoms with E-state index < -0.39 is 5.56 Å². The maximum Gasteiger partial charge on any atom is 0.279 e. The molecule has 6 heteroatoms. The summed E-state index contributed by atoms with van der Waals surface area (Å²) >= 11 is 5.74. The van der Waals surface area contributed by atoms with Crippen molar-refractivity contribution in [1.29, 1.82) is 0 Å². The highest BCUT2D eigenvalue weighted by Crippen LogP contribution is 2.09. The average molecular weight is 227 g/mol. The molecule has 0 saturated carbocycles. The maximum absolute atomic E-state index is 11.5. The van der Waals surface area contributed by atoms with Gasteiger partial charge in [0.1, 0.15) is 5.82 Å². The van der Waals surface area contributed by atoms with Gasteiger partial charge in [0.2, 0.25) is 0 Å². The number of hydrogen-bond acceptors (Lipinski definition) is 4. The summed E-state index contributed by atoms with van der Waals surface area (Å²) in [6.45, 7) is 0. The van der Waals surface area contributed by atoms with Gasteiger partial charge in [-0.25, -0.2) is 0 Å². The van der Waals surface area contributed by atoms with Crippen LogP contribution in [0, 0.1) is 0 Å². The Hall–Kier alpha value is -1.75. The lowest BCUT2D eigenvalue weighted by molar-refractivity contribution is 1.00. The van der Waals surface area contributed by atoms with Crippen LogP contribution in [0.4, 0.5) is 5.69 Å². The minimum atomic E-state index is -0.405. The maximum atomic E-state index is 11.5. The van der Waals surface area contributed by atoms with E-state index in [4.69, 9.17) is 23.1 Å². The molecule has 0 saturated heterocycles. The van der Waals surface area contributed by atoms with Gasteiger partial charge in [0.05, 0.1) is 10.7 Å². The van der Waals surface area contributed by atoms with Crippen LogP contribution in [-0.2, 0) is 0 Å². The molecule has 1 heterocycles. The van der Waals surface area contributed by atoms with Crippen molar-refractivity contribution in [1.82, 2.24) is 4.57 Å². The van der Waals surface area contributed by atoms with Crippen LogP contribution in [0.1, 0.15) is 0 Å². The van der Waals surface area contributed by atoms with Crippen LogP contribution in [0.3, 0.4) is 0 Å². The van der Waals surface area contributed by atoms with Gasteiger partial charge in [0.15, 0.2) is 0 Å². The third-order valence-electron chi connectivity index (χ3n) is 1.68. The van der Waals surface area contributed by atoms with Crippen molar-refractivity contribution in [2.24, 2.45) is 10.7 Å². The smallest absolute Gasteiger partial charge is 0.279 e. The number of nitrogens with two attached hydrogens (primary N) is 2. The van der Waals surface area contributed by atoms with E-state index >= 15 is 0 Å². The Bertz CT molecular complexity index is 475. The van der Waals surface area contributed by atoms with Gasteiger partial charge in [-0.05, 0) is 12.1 Å². The van der Waals surface area contributed by atoms with Gasteiger partial charge in [-0.15, -0.1) is 0 Å². The van der Waals surface area contributed by atoms with Crippen LogP contribution in [0.15, 0.2) is 28.1 Å². The lowest BCUT2D eigenvalue weighted by atomic mass is 10.4. The van der Waals surface area contributed by atoms with E-state index in [1.807, 2.05) is 0 Å². The van der Waals surface area contributed by atoms with Crippen molar-refractivity contribution in [3.05, 3.63) is 33.7 Å². The second-order valence-corrected chi connectivity index (χ2v) is 3.22. The Morgan fingerprint density at radius 2 is 2.33 bits per heavy atom. The molecule has 0 spiro atoms. The van der Waals surface area contributed by atoms with Crippen LogP contribution in [-0.4, -0.2) is 17.8 Å². The summed E-state index contributed by atoms with van der Waals surface area (Å²) in [5.41, 5.74) is 10.7. The standard InChI is InChI=1S/C9H11ClN4O/c1-13-3-2-8(12)14-5-6(10)4-7(11)9(14)15/h2-5H,11-12H2,1H3. The molecule has 0 aliphatic rings. The van der Waals surface area contributed by atoms with Gasteiger partial charge < -0.3 is 11.5 Å². The summed E-state index contributed by atoms with van der Waals surface area (Å²) in [4.78, 5) is 15.3. The summed E-state index contributed by atoms with van der Waals surface area (Å²) in [6, 6.07) is 1.38. The van der Waals surface area contributed by atoms with Crippen LogP contribution >= 0.6 is 11.6 Å². The number of hydrogen-bond donors (Lipinski definition) is 2. The van der Waals surface area contributed by atoms with Crippen LogP contribution in [0.25, 0.3) is 5.82 Å². The largest absolute Gasteiger partial charge is 0.394 e. The van der Waals surface area contributed by atoms with Crippen molar-refractivity contribution in [2.45, 2.75) is 0 Å². The highest BCUT2D eigenvalue weighted by Gasteiger charge is 2.03. The zero-order chi connectivity index (χ0) is 11.4. The monoisotopic (exact) mass is 226 g/mol. The SMILES string of the molecule is CN=CC=C(N)n1cc(Cl)cc(N)c1=O. The molecule has 1 aromatic rings. The number of rotatable bonds is 2. The second kappa shape index (κ2) is 4.65. The zero-order valence-electron chi connectivity index (χ0n) is 8.14. The second-order valence-electron chi connectivity index (χ2n) is 2.79. The minimum absolute atomic E-state index is 0.0484. The fourth-order valence-electron chi connectivity index (χ4n) is 0.992. The summed E-state index contributed by atoms with van der Waals surface area (Å²) in [7, 11) is 1.60. The summed E-state index contributed by atoms with van der Waals surface area (Å²) in [5.74, 6) is 0.208. The van der Waals surface area contributed by atoms with Crippen LogP contribution in [0.2, 0.25) is 5.02 Å². The number of pyridine rings is 1. The topological polar surface area (TPSA) is 86.4 Å². The van der Waals surface area contributed by atoms with E-state index in [9.17, 15) is 4.79 Å². The minimum Gasteiger partial charge on any atom is -0.394 e. The molecule has 0 amide bonds. The summed E-state index contributed by atoms with van der Waals surface area (Å²) in [5, 5.41) is 0.344. The molecular formula is C9H11ClN4O. The zero-order valence-corrected chi connectivity index (χ0v) is 8.90. The molecule has 0 aromatic carbocycles. The van der Waals surface area contributed by atoms with Crippen molar-refractivity contribution in [2.75, 3.05) is 12.8 Å². The molecule has 1 rings (SSSR count). The molecule has 1 aromatic heterocycles. The lowest BCUT2D eigenvalue weighted by Crippen LogP contribution is -2.25. The van der Waals surface area contributed by atoms with Crippen molar-refractivity contribution in [3.63, 3.8) is 0 Å². The Kier molecular flexibility index (Phi) is 3.51. The quantitative estimate of drug-likeness (QED) is 0.722. The number of anilines is 1. The highest BCUT2D eigenvalue weighted by molar-refractivity contribution is 6.30. The number of halogens is 1. The van der Waals surface area contributed by atoms with Crippen LogP contribution in [0.5, 0.6) is 0 Å². The first kappa shape index (κ1) is 11.3. The molecule has 5 nitrogen and oxygen atoms in total. The molecule has 80 valence electrons. The third-order valence-corrected chi connectivity index (χ3v) is 1.89. The number of allylic oxidation sites excluding steroid dienone is 1. The molecule has 0 atom stereocenters. The molecule has 0 aliphatic heterocycles. The third kappa shape index (κ3) is 2.60. The fraction of sp³-hybridized carbons (Fsp3) is 0.111. The molecular weight excluding hydrogens is 216 g/mol. The van der Waals surface area contributed by atoms with E-state index in [1.165, 1.54) is 29.1 Å². The number of aromatic nitrogens is 1. The van der Waals surface area contributed by atoms with Crippen molar-refractivity contribution < 1.29 is 0 Å². The molecule has 0 bridgehead atoms. The Balaban J connectivity index is 3.31. The summed E-state index contributed by atoms with van der Waals surface area (Å²) < 4.78 is 1.17. The number of aliphatic imine (C=N–C) groups is 1. The van der Waals surface area contributed by atoms with E-state index in [1.54, 1.807) is 7.05 Å². The molecule has 0 radical (unpaired) electrons. The molecule has 4 N–H and O–H groups in total. The first-order chi connectivity index (χ1) is 7.06. The van der Waals surface area contributed by atoms with Gasteiger partial charge in [-0.1, -0.05) is 11.6 Å². The summed E-state index contributed by atoms with van der Waals surface area (Å²) in [6.07, 6.45) is 4.35. The predicted octanol–water partition coefficient (Wildman–Crippen LogP) is 0.542. The van der Waals surface area contributed by atoms with Crippen LogP contribution < -0.4 is 17.0 Å². The highest BCUT2D eigenvalue weighted by atomic mass is 35.5. The first-order valence-corrected chi connectivity index (χ1v) is 4.50. The lowest BCUT2D eigenvalue weighted by Gasteiger charge is -2.06. The number of nitrogens with zero attached hydrogens (tertiary/aromatic N) is 2. The Labute approximate surface area is 91.7 Å². The van der Waals surface area contributed by atoms with E-state index in [0.717, 1.165) is 0 Å². The van der Waals surface area contributed by atoms with E-state index in [-0.39, 0.29) is 11.5 Å². The fourth-order valence-corrected chi connectivity index (χ4v) is 1.21.